The van der Waals surface area contributed by atoms with E-state index >= 15 is 0 Å². The Kier molecular flexibility index (Phi) is 4.31. The highest BCUT2D eigenvalue weighted by Gasteiger charge is 2.13. The molecule has 1 rings (SSSR count). The average molecular weight is 292 g/mol. The van der Waals surface area contributed by atoms with Gasteiger partial charge in [-0.25, -0.2) is 13.2 Å². The van der Waals surface area contributed by atoms with Crippen molar-refractivity contribution in [1.82, 2.24) is 0 Å². The molecule has 1 aromatic carbocycles. The first-order valence-corrected chi connectivity index (χ1v) is 7.13. The number of benzene rings is 1. The molecule has 0 aliphatic rings. The molecule has 0 saturated carbocycles. The highest BCUT2D eigenvalue weighted by Crippen LogP contribution is 2.23. The van der Waals surface area contributed by atoms with Gasteiger partial charge in [-0.15, -0.1) is 0 Å². The molecule has 0 bridgehead atoms. The molecule has 1 amide bonds. The Balaban J connectivity index is 2.86. The maximum atomic E-state index is 11.3. The second-order valence-electron chi connectivity index (χ2n) is 3.62. The topological polar surface area (TPSA) is 101 Å². The quantitative estimate of drug-likeness (QED) is 0.862. The van der Waals surface area contributed by atoms with Crippen molar-refractivity contribution in [2.75, 3.05) is 17.3 Å². The van der Waals surface area contributed by atoms with E-state index in [-0.39, 0.29) is 16.3 Å². The summed E-state index contributed by atoms with van der Waals surface area (Å²) in [5.41, 5.74) is 0.136. The first kappa shape index (κ1) is 14.5. The van der Waals surface area contributed by atoms with Crippen LogP contribution in [-0.2, 0) is 14.6 Å². The fourth-order valence-corrected chi connectivity index (χ4v) is 1.95. The van der Waals surface area contributed by atoms with Gasteiger partial charge in [0.25, 0.3) is 0 Å². The molecule has 0 aromatic heterocycles. The van der Waals surface area contributed by atoms with Gasteiger partial charge in [-0.1, -0.05) is 11.6 Å². The van der Waals surface area contributed by atoms with Gasteiger partial charge >= 0.3 is 5.97 Å². The number of aromatic carboxylic acids is 1. The van der Waals surface area contributed by atoms with Crippen molar-refractivity contribution >= 4 is 39.0 Å². The molecule has 0 atom stereocenters. The smallest absolute Gasteiger partial charge is 0.335 e. The van der Waals surface area contributed by atoms with Crippen LogP contribution >= 0.6 is 11.6 Å². The van der Waals surface area contributed by atoms with Crippen LogP contribution in [-0.4, -0.2) is 37.4 Å². The summed E-state index contributed by atoms with van der Waals surface area (Å²) >= 11 is 5.76. The van der Waals surface area contributed by atoms with Crippen LogP contribution in [0.25, 0.3) is 0 Å². The van der Waals surface area contributed by atoms with Gasteiger partial charge < -0.3 is 10.4 Å². The lowest BCUT2D eigenvalue weighted by Crippen LogP contribution is -2.22. The van der Waals surface area contributed by atoms with Crippen LogP contribution in [0.1, 0.15) is 10.4 Å². The number of carbonyl (C=O) groups excluding carboxylic acids is 1. The minimum atomic E-state index is -3.43. The fourth-order valence-electron chi connectivity index (χ4n) is 1.17. The number of carbonyl (C=O) groups is 2. The number of sulfone groups is 1. The predicted octanol–water partition coefficient (Wildman–Crippen LogP) is 1.02. The lowest BCUT2D eigenvalue weighted by atomic mass is 10.2. The van der Waals surface area contributed by atoms with E-state index in [1.807, 2.05) is 0 Å². The van der Waals surface area contributed by atoms with Crippen molar-refractivity contribution in [3.8, 4) is 0 Å². The van der Waals surface area contributed by atoms with Crippen LogP contribution in [0, 0.1) is 0 Å². The number of anilines is 1. The molecule has 6 nitrogen and oxygen atoms in total. The highest BCUT2D eigenvalue weighted by atomic mass is 35.5. The van der Waals surface area contributed by atoms with Crippen LogP contribution < -0.4 is 5.32 Å². The van der Waals surface area contributed by atoms with Gasteiger partial charge in [0.15, 0.2) is 9.84 Å². The number of hydrogen-bond donors (Lipinski definition) is 2. The van der Waals surface area contributed by atoms with Crippen LogP contribution in [0.15, 0.2) is 18.2 Å². The Morgan fingerprint density at radius 2 is 2.00 bits per heavy atom. The number of carboxylic acids is 1. The lowest BCUT2D eigenvalue weighted by molar-refractivity contribution is -0.113. The molecule has 1 aromatic rings. The van der Waals surface area contributed by atoms with E-state index in [4.69, 9.17) is 16.7 Å². The Morgan fingerprint density at radius 1 is 1.39 bits per heavy atom. The van der Waals surface area contributed by atoms with Crippen LogP contribution in [0.5, 0.6) is 0 Å². The third-order valence-corrected chi connectivity index (χ3v) is 2.98. The van der Waals surface area contributed by atoms with Crippen LogP contribution in [0.2, 0.25) is 5.02 Å². The molecule has 0 heterocycles. The maximum Gasteiger partial charge on any atom is 0.335 e. The lowest BCUT2D eigenvalue weighted by Gasteiger charge is -2.07. The largest absolute Gasteiger partial charge is 0.478 e. The molecule has 0 aliphatic heterocycles. The predicted molar refractivity (Wildman–Crippen MR) is 66.8 cm³/mol. The summed E-state index contributed by atoms with van der Waals surface area (Å²) in [4.78, 5) is 22.0. The molecule has 0 unspecified atom stereocenters. The van der Waals surface area contributed by atoms with E-state index in [1.165, 1.54) is 18.2 Å². The molecule has 2 N–H and O–H groups in total. The highest BCUT2D eigenvalue weighted by molar-refractivity contribution is 7.91. The molecule has 8 heteroatoms. The SMILES string of the molecule is CS(=O)(=O)CC(=O)Nc1ccc(C(=O)O)cc1Cl. The minimum absolute atomic E-state index is 0.0248. The average Bonchev–Trinajstić information content (AvgIpc) is 2.17. The number of hydrogen-bond acceptors (Lipinski definition) is 4. The fraction of sp³-hybridized carbons (Fsp3) is 0.200. The third kappa shape index (κ3) is 4.34. The van der Waals surface area contributed by atoms with Gasteiger partial charge in [-0.3, -0.25) is 4.79 Å². The summed E-state index contributed by atoms with van der Waals surface area (Å²) in [6.45, 7) is 0. The van der Waals surface area contributed by atoms with E-state index in [0.717, 1.165) is 6.26 Å². The summed E-state index contributed by atoms with van der Waals surface area (Å²) in [5.74, 6) is -2.54. The summed E-state index contributed by atoms with van der Waals surface area (Å²) in [7, 11) is -3.43. The monoisotopic (exact) mass is 291 g/mol. The number of amides is 1. The number of rotatable bonds is 4. The van der Waals surface area contributed by atoms with Crippen molar-refractivity contribution < 1.29 is 23.1 Å². The standard InChI is InChI=1S/C10H10ClNO5S/c1-18(16,17)5-9(13)12-8-3-2-6(10(14)15)4-7(8)11/h2-4H,5H2,1H3,(H,12,13)(H,14,15). The van der Waals surface area contributed by atoms with Crippen molar-refractivity contribution in [2.24, 2.45) is 0 Å². The summed E-state index contributed by atoms with van der Waals surface area (Å²) in [6, 6.07) is 3.72. The van der Waals surface area contributed by atoms with E-state index in [9.17, 15) is 18.0 Å². The van der Waals surface area contributed by atoms with Crippen molar-refractivity contribution in [1.29, 1.82) is 0 Å². The second kappa shape index (κ2) is 5.36. The molecule has 0 saturated heterocycles. The zero-order valence-electron chi connectivity index (χ0n) is 9.31. The van der Waals surface area contributed by atoms with Gasteiger partial charge in [0.1, 0.15) is 5.75 Å². The van der Waals surface area contributed by atoms with Gasteiger partial charge in [0.2, 0.25) is 5.91 Å². The first-order chi connectivity index (χ1) is 8.19. The Bertz CT molecular complexity index is 596. The van der Waals surface area contributed by atoms with Gasteiger partial charge in [-0.05, 0) is 18.2 Å². The van der Waals surface area contributed by atoms with Gasteiger partial charge in [0.05, 0.1) is 16.3 Å². The normalized spacial score (nSPS) is 11.0. The molecule has 98 valence electrons. The Labute approximate surface area is 108 Å². The molecule has 0 aliphatic carbocycles. The van der Waals surface area contributed by atoms with E-state index in [2.05, 4.69) is 5.32 Å². The van der Waals surface area contributed by atoms with Crippen molar-refractivity contribution in [2.45, 2.75) is 0 Å². The zero-order chi connectivity index (χ0) is 13.9. The van der Waals surface area contributed by atoms with Crippen LogP contribution in [0.4, 0.5) is 5.69 Å². The molecule has 0 radical (unpaired) electrons. The third-order valence-electron chi connectivity index (χ3n) is 1.88. The first-order valence-electron chi connectivity index (χ1n) is 4.69. The Morgan fingerprint density at radius 3 is 2.44 bits per heavy atom. The van der Waals surface area contributed by atoms with Gasteiger partial charge in [-0.2, -0.15) is 0 Å². The minimum Gasteiger partial charge on any atom is -0.478 e. The summed E-state index contributed by atoms with van der Waals surface area (Å²) in [6.07, 6.45) is 0.932. The summed E-state index contributed by atoms with van der Waals surface area (Å²) in [5, 5.41) is 11.0. The number of halogens is 1. The van der Waals surface area contributed by atoms with Crippen molar-refractivity contribution in [3.05, 3.63) is 28.8 Å². The number of carboxylic acid groups (broad SMARTS) is 1. The second-order valence-corrected chi connectivity index (χ2v) is 6.17. The maximum absolute atomic E-state index is 11.3. The number of nitrogens with one attached hydrogen (secondary N) is 1. The van der Waals surface area contributed by atoms with E-state index < -0.39 is 27.5 Å². The summed E-state index contributed by atoms with van der Waals surface area (Å²) < 4.78 is 21.8. The van der Waals surface area contributed by atoms with Gasteiger partial charge in [0, 0.05) is 6.26 Å². The van der Waals surface area contributed by atoms with E-state index in [0.29, 0.717) is 0 Å². The molecule has 18 heavy (non-hydrogen) atoms. The molecule has 0 fully saturated rings. The zero-order valence-corrected chi connectivity index (χ0v) is 10.9. The molecule has 0 spiro atoms. The van der Waals surface area contributed by atoms with E-state index in [1.54, 1.807) is 0 Å². The Hall–Kier alpha value is -1.60. The molecular weight excluding hydrogens is 282 g/mol. The van der Waals surface area contributed by atoms with Crippen LogP contribution in [0.3, 0.4) is 0 Å². The molecular formula is C10H10ClNO5S. The van der Waals surface area contributed by atoms with Crippen molar-refractivity contribution in [3.63, 3.8) is 0 Å².